The van der Waals surface area contributed by atoms with Crippen molar-refractivity contribution in [2.45, 2.75) is 25.7 Å². The quantitative estimate of drug-likeness (QED) is 0.877. The molecule has 1 aromatic rings. The minimum atomic E-state index is -4.69. The maximum absolute atomic E-state index is 12.0. The van der Waals surface area contributed by atoms with Crippen molar-refractivity contribution in [1.29, 1.82) is 0 Å². The lowest BCUT2D eigenvalue weighted by Crippen LogP contribution is -2.25. The summed E-state index contributed by atoms with van der Waals surface area (Å²) in [6, 6.07) is 5.46. The number of alkyl halides is 3. The van der Waals surface area contributed by atoms with Crippen molar-refractivity contribution >= 4 is 5.91 Å². The molecular formula is C14H17F3N2O2. The molecule has 0 spiro atoms. The lowest BCUT2D eigenvalue weighted by atomic mass is 10.0. The maximum atomic E-state index is 12.0. The Morgan fingerprint density at radius 2 is 2.05 bits per heavy atom. The Balaban J connectivity index is 1.76. The van der Waals surface area contributed by atoms with Gasteiger partial charge in [0.1, 0.15) is 5.75 Å². The summed E-state index contributed by atoms with van der Waals surface area (Å²) in [4.78, 5) is 11.7. The van der Waals surface area contributed by atoms with Crippen molar-refractivity contribution in [2.24, 2.45) is 5.92 Å². The van der Waals surface area contributed by atoms with Crippen molar-refractivity contribution in [1.82, 2.24) is 10.6 Å². The maximum Gasteiger partial charge on any atom is 0.573 e. The number of halogens is 3. The molecule has 1 fully saturated rings. The van der Waals surface area contributed by atoms with Crippen LogP contribution in [0.25, 0.3) is 0 Å². The van der Waals surface area contributed by atoms with E-state index in [9.17, 15) is 18.0 Å². The SMILES string of the molecule is O=C(CC1CCNC1)NCc1ccc(OC(F)(F)F)cc1. The van der Waals surface area contributed by atoms with Gasteiger partial charge in [0.15, 0.2) is 0 Å². The third-order valence-electron chi connectivity index (χ3n) is 3.28. The fourth-order valence-electron chi connectivity index (χ4n) is 2.23. The summed E-state index contributed by atoms with van der Waals surface area (Å²) in [6.45, 7) is 2.10. The minimum absolute atomic E-state index is 0.0423. The molecule has 1 unspecified atom stereocenters. The van der Waals surface area contributed by atoms with Crippen LogP contribution >= 0.6 is 0 Å². The van der Waals surface area contributed by atoms with Gasteiger partial charge in [-0.25, -0.2) is 0 Å². The summed E-state index contributed by atoms with van der Waals surface area (Å²) in [5.41, 5.74) is 0.724. The van der Waals surface area contributed by atoms with Crippen LogP contribution in [0, 0.1) is 5.92 Å². The van der Waals surface area contributed by atoms with Crippen LogP contribution in [-0.4, -0.2) is 25.4 Å². The van der Waals surface area contributed by atoms with Gasteiger partial charge in [-0.2, -0.15) is 0 Å². The molecular weight excluding hydrogens is 285 g/mol. The van der Waals surface area contributed by atoms with Gasteiger partial charge < -0.3 is 15.4 Å². The van der Waals surface area contributed by atoms with Crippen LogP contribution in [0.1, 0.15) is 18.4 Å². The molecule has 116 valence electrons. The number of carbonyl (C=O) groups excluding carboxylic acids is 1. The zero-order chi connectivity index (χ0) is 15.3. The van der Waals surface area contributed by atoms with E-state index < -0.39 is 6.36 Å². The zero-order valence-electron chi connectivity index (χ0n) is 11.4. The molecule has 2 rings (SSSR count). The number of hydrogen-bond acceptors (Lipinski definition) is 3. The monoisotopic (exact) mass is 302 g/mol. The van der Waals surface area contributed by atoms with E-state index in [2.05, 4.69) is 15.4 Å². The lowest BCUT2D eigenvalue weighted by molar-refractivity contribution is -0.274. The topological polar surface area (TPSA) is 50.4 Å². The molecule has 1 aliphatic heterocycles. The highest BCUT2D eigenvalue weighted by molar-refractivity contribution is 5.76. The Labute approximate surface area is 120 Å². The molecule has 4 nitrogen and oxygen atoms in total. The number of hydrogen-bond donors (Lipinski definition) is 2. The highest BCUT2D eigenvalue weighted by Gasteiger charge is 2.30. The molecule has 7 heteroatoms. The number of ether oxygens (including phenoxy) is 1. The molecule has 2 N–H and O–H groups in total. The minimum Gasteiger partial charge on any atom is -0.406 e. The van der Waals surface area contributed by atoms with Gasteiger partial charge in [-0.15, -0.1) is 13.2 Å². The van der Waals surface area contributed by atoms with Crippen molar-refractivity contribution in [3.05, 3.63) is 29.8 Å². The summed E-state index contributed by atoms with van der Waals surface area (Å²) >= 11 is 0. The predicted octanol–water partition coefficient (Wildman–Crippen LogP) is 2.20. The standard InChI is InChI=1S/C14H17F3N2O2/c15-14(16,17)21-12-3-1-10(2-4-12)9-19-13(20)7-11-5-6-18-8-11/h1-4,11,18H,5-9H2,(H,19,20). The molecule has 0 aromatic heterocycles. The van der Waals surface area contributed by atoms with E-state index in [1.165, 1.54) is 24.3 Å². The average molecular weight is 302 g/mol. The molecule has 1 aliphatic rings. The van der Waals surface area contributed by atoms with Gasteiger partial charge in [0, 0.05) is 13.0 Å². The Bertz CT molecular complexity index is 468. The molecule has 1 amide bonds. The number of benzene rings is 1. The fourth-order valence-corrected chi connectivity index (χ4v) is 2.23. The normalized spacial score (nSPS) is 18.5. The van der Waals surface area contributed by atoms with E-state index in [-0.39, 0.29) is 11.7 Å². The molecule has 1 saturated heterocycles. The fraction of sp³-hybridized carbons (Fsp3) is 0.500. The van der Waals surface area contributed by atoms with Crippen LogP contribution in [0.5, 0.6) is 5.75 Å². The second-order valence-electron chi connectivity index (χ2n) is 5.03. The summed E-state index contributed by atoms with van der Waals surface area (Å²) in [5.74, 6) is 0.0569. The molecule has 0 radical (unpaired) electrons. The van der Waals surface area contributed by atoms with Gasteiger partial charge in [0.2, 0.25) is 5.91 Å². The first kappa shape index (κ1) is 15.6. The summed E-state index contributed by atoms with van der Waals surface area (Å²) in [5, 5.41) is 5.95. The molecule has 0 bridgehead atoms. The molecule has 0 saturated carbocycles. The van der Waals surface area contributed by atoms with Crippen molar-refractivity contribution in [2.75, 3.05) is 13.1 Å². The Morgan fingerprint density at radius 3 is 2.62 bits per heavy atom. The Hall–Kier alpha value is -1.76. The lowest BCUT2D eigenvalue weighted by Gasteiger charge is -2.11. The second-order valence-corrected chi connectivity index (χ2v) is 5.03. The van der Waals surface area contributed by atoms with Crippen LogP contribution in [0.15, 0.2) is 24.3 Å². The largest absolute Gasteiger partial charge is 0.573 e. The third-order valence-corrected chi connectivity index (χ3v) is 3.28. The molecule has 1 atom stereocenters. The van der Waals surface area contributed by atoms with Gasteiger partial charge >= 0.3 is 6.36 Å². The number of nitrogens with one attached hydrogen (secondary N) is 2. The van der Waals surface area contributed by atoms with E-state index in [0.717, 1.165) is 25.1 Å². The highest BCUT2D eigenvalue weighted by atomic mass is 19.4. The van der Waals surface area contributed by atoms with Gasteiger partial charge in [-0.3, -0.25) is 4.79 Å². The summed E-state index contributed by atoms with van der Waals surface area (Å²) < 4.78 is 39.8. The molecule has 0 aliphatic carbocycles. The van der Waals surface area contributed by atoms with E-state index in [4.69, 9.17) is 0 Å². The Morgan fingerprint density at radius 1 is 1.33 bits per heavy atom. The first-order valence-corrected chi connectivity index (χ1v) is 6.74. The summed E-state index contributed by atoms with van der Waals surface area (Å²) in [7, 11) is 0. The molecule has 1 heterocycles. The zero-order valence-corrected chi connectivity index (χ0v) is 11.4. The third kappa shape index (κ3) is 5.63. The van der Waals surface area contributed by atoms with Crippen molar-refractivity contribution in [3.63, 3.8) is 0 Å². The van der Waals surface area contributed by atoms with Crippen molar-refractivity contribution in [3.8, 4) is 5.75 Å². The van der Waals surface area contributed by atoms with Crippen LogP contribution in [0.2, 0.25) is 0 Å². The van der Waals surface area contributed by atoms with E-state index in [0.29, 0.717) is 18.9 Å². The second kappa shape index (κ2) is 6.80. The van der Waals surface area contributed by atoms with Crippen LogP contribution < -0.4 is 15.4 Å². The molecule has 1 aromatic carbocycles. The van der Waals surface area contributed by atoms with Crippen LogP contribution in [-0.2, 0) is 11.3 Å². The van der Waals surface area contributed by atoms with Gasteiger partial charge in [0.05, 0.1) is 0 Å². The smallest absolute Gasteiger partial charge is 0.406 e. The van der Waals surface area contributed by atoms with Gasteiger partial charge in [0.25, 0.3) is 0 Å². The van der Waals surface area contributed by atoms with Crippen LogP contribution in [0.4, 0.5) is 13.2 Å². The van der Waals surface area contributed by atoms with Gasteiger partial charge in [-0.05, 0) is 43.1 Å². The number of amides is 1. The van der Waals surface area contributed by atoms with E-state index in [1.54, 1.807) is 0 Å². The summed E-state index contributed by atoms with van der Waals surface area (Å²) in [6.07, 6.45) is -3.22. The van der Waals surface area contributed by atoms with E-state index in [1.807, 2.05) is 0 Å². The number of rotatable bonds is 5. The first-order chi connectivity index (χ1) is 9.92. The van der Waals surface area contributed by atoms with E-state index >= 15 is 0 Å². The van der Waals surface area contributed by atoms with Gasteiger partial charge in [-0.1, -0.05) is 12.1 Å². The average Bonchev–Trinajstić information content (AvgIpc) is 2.89. The predicted molar refractivity (Wildman–Crippen MR) is 70.6 cm³/mol. The number of carbonyl (C=O) groups is 1. The van der Waals surface area contributed by atoms with Crippen molar-refractivity contribution < 1.29 is 22.7 Å². The molecule has 21 heavy (non-hydrogen) atoms. The Kier molecular flexibility index (Phi) is 5.06. The van der Waals surface area contributed by atoms with Crippen LogP contribution in [0.3, 0.4) is 0 Å². The first-order valence-electron chi connectivity index (χ1n) is 6.74. The highest BCUT2D eigenvalue weighted by Crippen LogP contribution is 2.22.